The number of rotatable bonds is 8. The fourth-order valence-electron chi connectivity index (χ4n) is 2.31. The van der Waals surface area contributed by atoms with Crippen molar-refractivity contribution in [2.24, 2.45) is 0 Å². The lowest BCUT2D eigenvalue weighted by Gasteiger charge is -2.27. The summed E-state index contributed by atoms with van der Waals surface area (Å²) in [5, 5.41) is 8.82. The Bertz CT molecular complexity index is 290. The molecule has 110 valence electrons. The number of carbonyl (C=O) groups excluding carboxylic acids is 2. The third-order valence-electron chi connectivity index (χ3n) is 3.23. The van der Waals surface area contributed by atoms with Gasteiger partial charge in [-0.1, -0.05) is 6.92 Å². The molecule has 1 atom stereocenters. The molecule has 1 aliphatic rings. The zero-order chi connectivity index (χ0) is 14.1. The fourth-order valence-corrected chi connectivity index (χ4v) is 2.31. The second kappa shape index (κ2) is 8.87. The number of carbonyl (C=O) groups is 2. The number of hydrogen-bond acceptors (Lipinski definition) is 4. The first-order chi connectivity index (χ1) is 9.13. The van der Waals surface area contributed by atoms with Gasteiger partial charge < -0.3 is 16.0 Å². The summed E-state index contributed by atoms with van der Waals surface area (Å²) in [6.07, 6.45) is 2.16. The van der Waals surface area contributed by atoms with Gasteiger partial charge in [0.05, 0.1) is 6.54 Å². The lowest BCUT2D eigenvalue weighted by atomic mass is 10.2. The van der Waals surface area contributed by atoms with Crippen LogP contribution in [-0.4, -0.2) is 62.0 Å². The molecule has 0 aromatic rings. The van der Waals surface area contributed by atoms with E-state index in [1.807, 2.05) is 0 Å². The van der Waals surface area contributed by atoms with E-state index in [1.165, 1.54) is 6.92 Å². The first-order valence-electron chi connectivity index (χ1n) is 7.09. The second-order valence-corrected chi connectivity index (χ2v) is 4.95. The summed E-state index contributed by atoms with van der Waals surface area (Å²) in [4.78, 5) is 24.8. The molecule has 1 rings (SSSR count). The Balaban J connectivity index is 2.24. The number of amides is 2. The summed E-state index contributed by atoms with van der Waals surface area (Å²) < 4.78 is 0. The van der Waals surface area contributed by atoms with Gasteiger partial charge in [-0.3, -0.25) is 14.5 Å². The van der Waals surface area contributed by atoms with Crippen LogP contribution < -0.4 is 16.0 Å². The molecular weight excluding hydrogens is 244 g/mol. The lowest BCUT2D eigenvalue weighted by molar-refractivity contribution is -0.123. The van der Waals surface area contributed by atoms with E-state index in [-0.39, 0.29) is 11.8 Å². The van der Waals surface area contributed by atoms with Crippen molar-refractivity contribution in [3.8, 4) is 0 Å². The topological polar surface area (TPSA) is 73.5 Å². The third kappa shape index (κ3) is 6.54. The lowest BCUT2D eigenvalue weighted by Crippen LogP contribution is -2.45. The van der Waals surface area contributed by atoms with Gasteiger partial charge in [0.25, 0.3) is 0 Å². The maximum Gasteiger partial charge on any atom is 0.234 e. The molecule has 0 aromatic heterocycles. The van der Waals surface area contributed by atoms with E-state index in [2.05, 4.69) is 27.8 Å². The second-order valence-electron chi connectivity index (χ2n) is 4.95. The molecule has 19 heavy (non-hydrogen) atoms. The molecule has 2 amide bonds. The highest BCUT2D eigenvalue weighted by Crippen LogP contribution is 2.08. The number of hydrogen-bond donors (Lipinski definition) is 3. The minimum absolute atomic E-state index is 0.0331. The van der Waals surface area contributed by atoms with E-state index in [4.69, 9.17) is 0 Å². The van der Waals surface area contributed by atoms with Crippen LogP contribution in [0.1, 0.15) is 26.7 Å². The van der Waals surface area contributed by atoms with Crippen molar-refractivity contribution in [3.63, 3.8) is 0 Å². The summed E-state index contributed by atoms with van der Waals surface area (Å²) in [5.41, 5.74) is 0. The van der Waals surface area contributed by atoms with Crippen LogP contribution in [0, 0.1) is 0 Å². The van der Waals surface area contributed by atoms with Crippen molar-refractivity contribution in [2.75, 3.05) is 39.3 Å². The summed E-state index contributed by atoms with van der Waals surface area (Å²) in [6, 6.07) is 0.473. The van der Waals surface area contributed by atoms with E-state index in [1.54, 1.807) is 0 Å². The van der Waals surface area contributed by atoms with Crippen molar-refractivity contribution in [1.29, 1.82) is 0 Å². The van der Waals surface area contributed by atoms with Crippen LogP contribution in [0.3, 0.4) is 0 Å². The maximum atomic E-state index is 11.8. The fraction of sp³-hybridized carbons (Fsp3) is 0.846. The first-order valence-corrected chi connectivity index (χ1v) is 7.09. The van der Waals surface area contributed by atoms with Gasteiger partial charge in [0.15, 0.2) is 0 Å². The van der Waals surface area contributed by atoms with E-state index < -0.39 is 0 Å². The van der Waals surface area contributed by atoms with Crippen molar-refractivity contribution in [1.82, 2.24) is 20.9 Å². The molecule has 1 aliphatic heterocycles. The monoisotopic (exact) mass is 270 g/mol. The molecule has 3 N–H and O–H groups in total. The van der Waals surface area contributed by atoms with Gasteiger partial charge in [-0.2, -0.15) is 0 Å². The standard InChI is InChI=1S/C13H26N4O2/c1-3-8-17(12-4-5-14-9-12)10-13(19)16-7-6-15-11(2)18/h12,14H,3-10H2,1-2H3,(H,15,18)(H,16,19). The predicted octanol–water partition coefficient (Wildman–Crippen LogP) is -0.687. The van der Waals surface area contributed by atoms with Gasteiger partial charge in [0.2, 0.25) is 11.8 Å². The number of nitrogens with zero attached hydrogens (tertiary/aromatic N) is 1. The Labute approximate surface area is 115 Å². The smallest absolute Gasteiger partial charge is 0.234 e. The first kappa shape index (κ1) is 15.9. The zero-order valence-corrected chi connectivity index (χ0v) is 12.0. The van der Waals surface area contributed by atoms with Crippen LogP contribution >= 0.6 is 0 Å². The molecule has 0 spiro atoms. The highest BCUT2D eigenvalue weighted by molar-refractivity contribution is 5.78. The minimum Gasteiger partial charge on any atom is -0.355 e. The van der Waals surface area contributed by atoms with Gasteiger partial charge in [0.1, 0.15) is 0 Å². The molecule has 6 nitrogen and oxygen atoms in total. The van der Waals surface area contributed by atoms with Crippen LogP contribution in [-0.2, 0) is 9.59 Å². The van der Waals surface area contributed by atoms with Crippen LogP contribution in [0.25, 0.3) is 0 Å². The number of nitrogens with one attached hydrogen (secondary N) is 3. The molecule has 0 aromatic carbocycles. The zero-order valence-electron chi connectivity index (χ0n) is 12.0. The Morgan fingerprint density at radius 2 is 2.05 bits per heavy atom. The average Bonchev–Trinajstić information content (AvgIpc) is 2.87. The predicted molar refractivity (Wildman–Crippen MR) is 74.8 cm³/mol. The minimum atomic E-state index is -0.0705. The maximum absolute atomic E-state index is 11.8. The normalized spacial score (nSPS) is 18.6. The van der Waals surface area contributed by atoms with Gasteiger partial charge in [-0.15, -0.1) is 0 Å². The highest BCUT2D eigenvalue weighted by atomic mass is 16.2. The molecule has 0 saturated carbocycles. The molecule has 6 heteroatoms. The van der Waals surface area contributed by atoms with Crippen LogP contribution in [0.5, 0.6) is 0 Å². The van der Waals surface area contributed by atoms with Gasteiger partial charge in [0, 0.05) is 32.6 Å². The summed E-state index contributed by atoms with van der Waals surface area (Å²) in [7, 11) is 0. The molecular formula is C13H26N4O2. The molecule has 1 unspecified atom stereocenters. The SMILES string of the molecule is CCCN(CC(=O)NCCNC(C)=O)C1CCNC1. The van der Waals surface area contributed by atoms with Gasteiger partial charge in [-0.25, -0.2) is 0 Å². The summed E-state index contributed by atoms with van der Waals surface area (Å²) >= 11 is 0. The quantitative estimate of drug-likeness (QED) is 0.511. The van der Waals surface area contributed by atoms with Crippen LogP contribution in [0.15, 0.2) is 0 Å². The van der Waals surface area contributed by atoms with E-state index in [9.17, 15) is 9.59 Å². The van der Waals surface area contributed by atoms with E-state index >= 15 is 0 Å². The largest absolute Gasteiger partial charge is 0.355 e. The Hall–Kier alpha value is -1.14. The van der Waals surface area contributed by atoms with Crippen molar-refractivity contribution < 1.29 is 9.59 Å². The average molecular weight is 270 g/mol. The molecule has 1 fully saturated rings. The Morgan fingerprint density at radius 3 is 2.63 bits per heavy atom. The Morgan fingerprint density at radius 1 is 1.32 bits per heavy atom. The highest BCUT2D eigenvalue weighted by Gasteiger charge is 2.23. The molecule has 0 radical (unpaired) electrons. The summed E-state index contributed by atoms with van der Waals surface area (Å²) in [5.74, 6) is -0.0374. The van der Waals surface area contributed by atoms with Gasteiger partial charge >= 0.3 is 0 Å². The van der Waals surface area contributed by atoms with E-state index in [0.717, 1.165) is 32.5 Å². The molecule has 0 aliphatic carbocycles. The molecule has 1 saturated heterocycles. The van der Waals surface area contributed by atoms with Crippen molar-refractivity contribution >= 4 is 11.8 Å². The van der Waals surface area contributed by atoms with Gasteiger partial charge in [-0.05, 0) is 25.9 Å². The van der Waals surface area contributed by atoms with Crippen molar-refractivity contribution in [3.05, 3.63) is 0 Å². The van der Waals surface area contributed by atoms with Crippen LogP contribution in [0.2, 0.25) is 0 Å². The van der Waals surface area contributed by atoms with Crippen molar-refractivity contribution in [2.45, 2.75) is 32.7 Å². The third-order valence-corrected chi connectivity index (χ3v) is 3.23. The summed E-state index contributed by atoms with van der Waals surface area (Å²) in [6.45, 7) is 7.98. The van der Waals surface area contributed by atoms with Crippen LogP contribution in [0.4, 0.5) is 0 Å². The molecule has 0 bridgehead atoms. The van der Waals surface area contributed by atoms with E-state index in [0.29, 0.717) is 25.7 Å². The Kier molecular flexibility index (Phi) is 7.43. The molecule has 1 heterocycles.